The van der Waals surface area contributed by atoms with E-state index in [9.17, 15) is 5.11 Å². The summed E-state index contributed by atoms with van der Waals surface area (Å²) in [6, 6.07) is 10.7. The Balaban J connectivity index is 1.55. The Morgan fingerprint density at radius 3 is 2.44 bits per heavy atom. The van der Waals surface area contributed by atoms with Crippen LogP contribution >= 0.6 is 11.8 Å². The van der Waals surface area contributed by atoms with Crippen molar-refractivity contribution in [2.24, 2.45) is 11.8 Å². The first-order valence-corrected chi connectivity index (χ1v) is 8.00. The number of nitrogens with zero attached hydrogens (tertiary/aromatic N) is 1. The number of likely N-dealkylation sites (tertiary alicyclic amines) is 1. The van der Waals surface area contributed by atoms with Gasteiger partial charge in [-0.05, 0) is 23.5 Å². The summed E-state index contributed by atoms with van der Waals surface area (Å²) >= 11 is 2.02. The van der Waals surface area contributed by atoms with Crippen LogP contribution in [0.3, 0.4) is 0 Å². The molecule has 2 atom stereocenters. The van der Waals surface area contributed by atoms with Gasteiger partial charge in [-0.2, -0.15) is 11.8 Å². The zero-order chi connectivity index (χ0) is 12.4. The van der Waals surface area contributed by atoms with Crippen LogP contribution in [0.25, 0.3) is 0 Å². The van der Waals surface area contributed by atoms with E-state index >= 15 is 0 Å². The lowest BCUT2D eigenvalue weighted by Crippen LogP contribution is -2.53. The van der Waals surface area contributed by atoms with Crippen LogP contribution in [-0.2, 0) is 6.42 Å². The molecule has 2 bridgehead atoms. The molecule has 0 spiro atoms. The smallest absolute Gasteiger partial charge is 0.0636 e. The van der Waals surface area contributed by atoms with E-state index in [1.807, 2.05) is 11.8 Å². The van der Waals surface area contributed by atoms with Gasteiger partial charge in [-0.25, -0.2) is 0 Å². The number of piperidine rings is 1. The number of aliphatic hydroxyl groups is 1. The van der Waals surface area contributed by atoms with Crippen molar-refractivity contribution in [3.63, 3.8) is 0 Å². The van der Waals surface area contributed by atoms with Crippen LogP contribution in [0.5, 0.6) is 0 Å². The molecule has 18 heavy (non-hydrogen) atoms. The third kappa shape index (κ3) is 2.73. The van der Waals surface area contributed by atoms with Gasteiger partial charge in [0, 0.05) is 31.5 Å². The predicted molar refractivity (Wildman–Crippen MR) is 76.9 cm³/mol. The number of thioether (sulfide) groups is 1. The molecule has 98 valence electrons. The van der Waals surface area contributed by atoms with Crippen LogP contribution < -0.4 is 0 Å². The van der Waals surface area contributed by atoms with Gasteiger partial charge >= 0.3 is 0 Å². The molecule has 1 aromatic rings. The molecule has 0 amide bonds. The van der Waals surface area contributed by atoms with E-state index in [1.165, 1.54) is 5.56 Å². The fraction of sp³-hybridized carbons (Fsp3) is 0.600. The molecule has 2 heterocycles. The molecule has 3 rings (SSSR count). The van der Waals surface area contributed by atoms with E-state index in [2.05, 4.69) is 35.2 Å². The van der Waals surface area contributed by atoms with Gasteiger partial charge < -0.3 is 10.0 Å². The summed E-state index contributed by atoms with van der Waals surface area (Å²) in [5.74, 6) is 3.27. The topological polar surface area (TPSA) is 23.5 Å². The number of fused-ring (bicyclic) bond motifs is 2. The first-order valence-electron chi connectivity index (χ1n) is 6.85. The molecule has 0 aromatic heterocycles. The van der Waals surface area contributed by atoms with Gasteiger partial charge in [0.25, 0.3) is 0 Å². The number of aliphatic hydroxyl groups excluding tert-OH is 1. The highest BCUT2D eigenvalue weighted by atomic mass is 32.2. The van der Waals surface area contributed by atoms with Gasteiger partial charge in [0.1, 0.15) is 0 Å². The Bertz CT molecular complexity index is 369. The summed E-state index contributed by atoms with van der Waals surface area (Å²) in [5.41, 5.74) is 1.42. The van der Waals surface area contributed by atoms with Crippen molar-refractivity contribution < 1.29 is 5.11 Å². The standard InChI is InChI=1S/C15H21NOS/c17-15-13-8-16(9-14(15)11-18-10-13)7-6-12-4-2-1-3-5-12/h1-5,13-15,17H,6-11H2. The average Bonchev–Trinajstić information content (AvgIpc) is 2.38. The Morgan fingerprint density at radius 1 is 1.11 bits per heavy atom. The number of rotatable bonds is 3. The Morgan fingerprint density at radius 2 is 1.78 bits per heavy atom. The quantitative estimate of drug-likeness (QED) is 0.901. The van der Waals surface area contributed by atoms with E-state index < -0.39 is 0 Å². The molecule has 2 aliphatic heterocycles. The molecule has 2 fully saturated rings. The van der Waals surface area contributed by atoms with Crippen molar-refractivity contribution in [1.82, 2.24) is 4.90 Å². The lowest BCUT2D eigenvalue weighted by Gasteiger charge is -2.44. The largest absolute Gasteiger partial charge is 0.392 e. The minimum Gasteiger partial charge on any atom is -0.392 e. The predicted octanol–water partition coefficient (Wildman–Crippen LogP) is 1.88. The highest BCUT2D eigenvalue weighted by molar-refractivity contribution is 7.99. The molecule has 0 aliphatic carbocycles. The molecule has 0 radical (unpaired) electrons. The normalized spacial score (nSPS) is 32.4. The van der Waals surface area contributed by atoms with Gasteiger partial charge in [-0.15, -0.1) is 0 Å². The van der Waals surface area contributed by atoms with E-state index in [1.54, 1.807) is 0 Å². The molecular formula is C15H21NOS. The molecule has 2 unspecified atom stereocenters. The second-order valence-corrected chi connectivity index (χ2v) is 6.62. The van der Waals surface area contributed by atoms with E-state index in [0.29, 0.717) is 11.8 Å². The van der Waals surface area contributed by atoms with Crippen molar-refractivity contribution in [1.29, 1.82) is 0 Å². The summed E-state index contributed by atoms with van der Waals surface area (Å²) in [5, 5.41) is 10.2. The van der Waals surface area contributed by atoms with E-state index in [4.69, 9.17) is 0 Å². The number of hydrogen-bond acceptors (Lipinski definition) is 3. The van der Waals surface area contributed by atoms with Gasteiger partial charge in [0.2, 0.25) is 0 Å². The highest BCUT2D eigenvalue weighted by Gasteiger charge is 2.38. The molecule has 2 nitrogen and oxygen atoms in total. The van der Waals surface area contributed by atoms with Gasteiger partial charge in [0.05, 0.1) is 6.10 Å². The molecule has 0 saturated carbocycles. The van der Waals surface area contributed by atoms with Crippen LogP contribution in [0.15, 0.2) is 30.3 Å². The third-order valence-corrected chi connectivity index (χ3v) is 5.50. The first-order chi connectivity index (χ1) is 8.83. The lowest BCUT2D eigenvalue weighted by molar-refractivity contribution is -0.00783. The summed E-state index contributed by atoms with van der Waals surface area (Å²) in [7, 11) is 0. The summed E-state index contributed by atoms with van der Waals surface area (Å²) in [6.07, 6.45) is 1.09. The fourth-order valence-corrected chi connectivity index (χ4v) is 4.47. The maximum absolute atomic E-state index is 10.2. The zero-order valence-electron chi connectivity index (χ0n) is 10.7. The molecule has 2 aliphatic rings. The Hall–Kier alpha value is -0.510. The van der Waals surface area contributed by atoms with Crippen molar-refractivity contribution in [2.75, 3.05) is 31.1 Å². The van der Waals surface area contributed by atoms with E-state index in [0.717, 1.165) is 37.6 Å². The summed E-state index contributed by atoms with van der Waals surface area (Å²) in [6.45, 7) is 3.30. The average molecular weight is 263 g/mol. The van der Waals surface area contributed by atoms with Crippen molar-refractivity contribution in [3.8, 4) is 0 Å². The zero-order valence-corrected chi connectivity index (χ0v) is 11.5. The number of benzene rings is 1. The monoisotopic (exact) mass is 263 g/mol. The van der Waals surface area contributed by atoms with Crippen LogP contribution in [0.1, 0.15) is 5.56 Å². The Labute approximate surface area is 113 Å². The molecule has 1 aromatic carbocycles. The minimum absolute atomic E-state index is 0.0424. The van der Waals surface area contributed by atoms with Gasteiger partial charge in [-0.3, -0.25) is 0 Å². The van der Waals surface area contributed by atoms with Gasteiger partial charge in [0.15, 0.2) is 0 Å². The van der Waals surface area contributed by atoms with E-state index in [-0.39, 0.29) is 6.10 Å². The lowest BCUT2D eigenvalue weighted by atomic mass is 9.87. The van der Waals surface area contributed by atoms with Crippen molar-refractivity contribution >= 4 is 11.8 Å². The molecule has 1 N–H and O–H groups in total. The van der Waals surface area contributed by atoms with Crippen LogP contribution in [0, 0.1) is 11.8 Å². The first kappa shape index (κ1) is 12.5. The summed E-state index contributed by atoms with van der Waals surface area (Å²) < 4.78 is 0. The van der Waals surface area contributed by atoms with Crippen LogP contribution in [0.2, 0.25) is 0 Å². The Kier molecular flexibility index (Phi) is 3.92. The molecular weight excluding hydrogens is 242 g/mol. The molecule has 2 saturated heterocycles. The second kappa shape index (κ2) is 5.64. The van der Waals surface area contributed by atoms with Crippen LogP contribution in [0.4, 0.5) is 0 Å². The maximum Gasteiger partial charge on any atom is 0.0636 e. The SMILES string of the molecule is OC1C2CSCC1CN(CCc1ccccc1)C2. The summed E-state index contributed by atoms with van der Waals surface area (Å²) in [4.78, 5) is 2.55. The van der Waals surface area contributed by atoms with Crippen molar-refractivity contribution in [3.05, 3.63) is 35.9 Å². The van der Waals surface area contributed by atoms with Gasteiger partial charge in [-0.1, -0.05) is 30.3 Å². The number of hydrogen-bond donors (Lipinski definition) is 1. The van der Waals surface area contributed by atoms with Crippen LogP contribution in [-0.4, -0.2) is 47.3 Å². The maximum atomic E-state index is 10.2. The van der Waals surface area contributed by atoms with Crippen molar-refractivity contribution in [2.45, 2.75) is 12.5 Å². The second-order valence-electron chi connectivity index (χ2n) is 5.54. The minimum atomic E-state index is -0.0424. The fourth-order valence-electron chi connectivity index (χ4n) is 3.13. The highest BCUT2D eigenvalue weighted by Crippen LogP contribution is 2.33. The third-order valence-electron chi connectivity index (χ3n) is 4.17. The molecule has 3 heteroatoms.